The molecule has 4 aliphatic rings. The number of ether oxygens (including phenoxy) is 2. The van der Waals surface area contributed by atoms with Crippen molar-refractivity contribution in [1.29, 1.82) is 9.56 Å². The van der Waals surface area contributed by atoms with E-state index >= 15 is 0 Å². The topological polar surface area (TPSA) is 246 Å². The fourth-order valence-electron chi connectivity index (χ4n) is 8.37. The predicted octanol–water partition coefficient (Wildman–Crippen LogP) is 4.58. The van der Waals surface area contributed by atoms with Crippen molar-refractivity contribution in [2.75, 3.05) is 73.3 Å². The number of morpholine rings is 2. The van der Waals surface area contributed by atoms with Crippen LogP contribution in [0.4, 0.5) is 23.5 Å². The van der Waals surface area contributed by atoms with Crippen molar-refractivity contribution in [3.63, 3.8) is 0 Å². The Labute approximate surface area is 348 Å². The minimum atomic E-state index is -2.83. The summed E-state index contributed by atoms with van der Waals surface area (Å²) in [4.78, 5) is 32.4. The number of fused-ring (bicyclic) bond motifs is 2. The van der Waals surface area contributed by atoms with Crippen molar-refractivity contribution in [2.45, 2.75) is 61.1 Å². The van der Waals surface area contributed by atoms with Crippen LogP contribution in [0.1, 0.15) is 50.9 Å². The molecule has 18 nitrogen and oxygen atoms in total. The number of anilines is 4. The molecule has 2 aliphatic heterocycles. The SMILES string of the molecule is C[C@@H]1COCCN1c1cc(C2([S@@](C)(=N)=O)CC2)nc(-n2c(N)nc3ccccc32)n1.C[C@@H]1COCCN1c1cc(C2([S@](C)(=N)=O)CC2)nc(-n2c(N)nc3ccccc32)n1. The smallest absolute Gasteiger partial charge is 0.239 e. The second kappa shape index (κ2) is 14.6. The maximum atomic E-state index is 12.8. The molecule has 0 bridgehead atoms. The molecule has 316 valence electrons. The average Bonchev–Trinajstić information content (AvgIpc) is 4.14. The van der Waals surface area contributed by atoms with Crippen molar-refractivity contribution in [2.24, 2.45) is 0 Å². The number of hydrogen-bond acceptors (Lipinski definition) is 16. The van der Waals surface area contributed by atoms with Crippen LogP contribution in [0.15, 0.2) is 60.7 Å². The van der Waals surface area contributed by atoms with Gasteiger partial charge in [0.2, 0.25) is 23.8 Å². The summed E-state index contributed by atoms with van der Waals surface area (Å²) in [6, 6.07) is 19.3. The largest absolute Gasteiger partial charge is 0.377 e. The zero-order chi connectivity index (χ0) is 42.2. The van der Waals surface area contributed by atoms with Crippen molar-refractivity contribution in [1.82, 2.24) is 39.0 Å². The first-order valence-electron chi connectivity index (χ1n) is 20.0. The van der Waals surface area contributed by atoms with Crippen molar-refractivity contribution in [3.05, 3.63) is 72.1 Å². The summed E-state index contributed by atoms with van der Waals surface area (Å²) < 4.78 is 55.4. The molecule has 0 unspecified atom stereocenters. The van der Waals surface area contributed by atoms with Crippen LogP contribution in [0.3, 0.4) is 0 Å². The monoisotopic (exact) mass is 854 g/mol. The number of aromatic nitrogens is 8. The van der Waals surface area contributed by atoms with Crippen LogP contribution in [0.2, 0.25) is 0 Å². The highest BCUT2D eigenvalue weighted by Crippen LogP contribution is 2.53. The molecule has 60 heavy (non-hydrogen) atoms. The van der Waals surface area contributed by atoms with E-state index in [0.29, 0.717) is 100 Å². The summed E-state index contributed by atoms with van der Waals surface area (Å²) in [6.45, 7) is 8.02. The van der Waals surface area contributed by atoms with E-state index in [2.05, 4.69) is 33.6 Å². The number of nitrogens with zero attached hydrogens (tertiary/aromatic N) is 10. The molecule has 4 aromatic heterocycles. The molecule has 6 aromatic rings. The summed E-state index contributed by atoms with van der Waals surface area (Å²) >= 11 is 0. The van der Waals surface area contributed by atoms with E-state index in [4.69, 9.17) is 50.4 Å². The van der Waals surface area contributed by atoms with E-state index in [-0.39, 0.29) is 12.1 Å². The molecule has 6 N–H and O–H groups in total. The molecular formula is C40H50N14O4S2. The third kappa shape index (κ3) is 6.88. The van der Waals surface area contributed by atoms with Crippen LogP contribution in [-0.2, 0) is 38.4 Å². The Kier molecular flexibility index (Phi) is 9.75. The third-order valence-corrected chi connectivity index (χ3v) is 16.3. The second-order valence-electron chi connectivity index (χ2n) is 16.3. The Morgan fingerprint density at radius 3 is 1.37 bits per heavy atom. The Balaban J connectivity index is 0.000000154. The predicted molar refractivity (Wildman–Crippen MR) is 233 cm³/mol. The summed E-state index contributed by atoms with van der Waals surface area (Å²) in [5.41, 5.74) is 16.9. The Morgan fingerprint density at radius 2 is 1.02 bits per heavy atom. The first kappa shape index (κ1) is 40.0. The normalized spacial score (nSPS) is 22.7. The molecule has 2 aliphatic carbocycles. The molecule has 0 radical (unpaired) electrons. The van der Waals surface area contributed by atoms with Crippen LogP contribution >= 0.6 is 0 Å². The lowest BCUT2D eigenvalue weighted by atomic mass is 10.2. The molecule has 0 spiro atoms. The quantitative estimate of drug-likeness (QED) is 0.164. The van der Waals surface area contributed by atoms with Gasteiger partial charge in [0.05, 0.1) is 101 Å². The van der Waals surface area contributed by atoms with Gasteiger partial charge in [-0.1, -0.05) is 24.3 Å². The molecule has 4 fully saturated rings. The summed E-state index contributed by atoms with van der Waals surface area (Å²) in [7, 11) is -5.67. The van der Waals surface area contributed by atoms with Gasteiger partial charge in [0.25, 0.3) is 0 Å². The summed E-state index contributed by atoms with van der Waals surface area (Å²) in [5, 5.41) is 0. The van der Waals surface area contributed by atoms with Crippen LogP contribution in [-0.4, -0.2) is 112 Å². The zero-order valence-corrected chi connectivity index (χ0v) is 35.7. The van der Waals surface area contributed by atoms with E-state index in [1.165, 1.54) is 12.5 Å². The van der Waals surface area contributed by atoms with E-state index < -0.39 is 29.0 Å². The van der Waals surface area contributed by atoms with E-state index in [9.17, 15) is 8.42 Å². The molecule has 0 amide bonds. The van der Waals surface area contributed by atoms with Crippen molar-refractivity contribution in [3.8, 4) is 11.9 Å². The number of nitrogens with two attached hydrogens (primary N) is 2. The number of nitrogens with one attached hydrogen (secondary N) is 2. The van der Waals surface area contributed by atoms with Gasteiger partial charge in [-0.2, -0.15) is 9.97 Å². The summed E-state index contributed by atoms with van der Waals surface area (Å²) in [6.07, 6.45) is 5.72. The van der Waals surface area contributed by atoms with Gasteiger partial charge >= 0.3 is 0 Å². The van der Waals surface area contributed by atoms with Gasteiger partial charge < -0.3 is 30.7 Å². The Morgan fingerprint density at radius 1 is 0.633 bits per heavy atom. The molecular weight excluding hydrogens is 805 g/mol. The lowest BCUT2D eigenvalue weighted by Gasteiger charge is -2.34. The number of para-hydroxylation sites is 4. The highest BCUT2D eigenvalue weighted by molar-refractivity contribution is 7.93. The molecule has 20 heteroatoms. The van der Waals surface area contributed by atoms with Gasteiger partial charge in [-0.05, 0) is 63.8 Å². The number of rotatable bonds is 8. The molecule has 6 heterocycles. The van der Waals surface area contributed by atoms with Crippen molar-refractivity contribution >= 4 is 65.1 Å². The molecule has 2 saturated carbocycles. The Hall–Kier alpha value is -5.44. The molecule has 2 aromatic carbocycles. The number of benzene rings is 2. The standard InChI is InChI=1S/2C20H25N7O2S/c2*1-13-12-29-10-9-26(13)17-11-16(20(7-8-20)30(2,22)28)24-19(25-17)27-15-6-4-3-5-14(15)23-18(27)21/h2*3-6,11,13,22H,7-10,12H2,1-2H3,(H2,21,23)/t13-,30+;13-,30-/m11/s1. The van der Waals surface area contributed by atoms with Crippen LogP contribution in [0.5, 0.6) is 0 Å². The summed E-state index contributed by atoms with van der Waals surface area (Å²) in [5.74, 6) is 2.84. The van der Waals surface area contributed by atoms with Gasteiger partial charge in [-0.15, -0.1) is 0 Å². The van der Waals surface area contributed by atoms with Crippen molar-refractivity contribution < 1.29 is 17.9 Å². The highest BCUT2D eigenvalue weighted by atomic mass is 32.2. The van der Waals surface area contributed by atoms with E-state index in [1.54, 1.807) is 9.13 Å². The number of nitrogen functional groups attached to an aromatic ring is 2. The maximum Gasteiger partial charge on any atom is 0.239 e. The number of imidazole rings is 2. The fraction of sp³-hybridized carbons (Fsp3) is 0.450. The lowest BCUT2D eigenvalue weighted by molar-refractivity contribution is 0.0984. The average molecular weight is 855 g/mol. The molecule has 2 saturated heterocycles. The van der Waals surface area contributed by atoms with Gasteiger partial charge in [-0.25, -0.2) is 37.5 Å². The van der Waals surface area contributed by atoms with Crippen LogP contribution in [0.25, 0.3) is 34.0 Å². The van der Waals surface area contributed by atoms with Crippen LogP contribution < -0.4 is 21.3 Å². The zero-order valence-electron chi connectivity index (χ0n) is 34.1. The Bertz CT molecular complexity index is 2660. The minimum Gasteiger partial charge on any atom is -0.377 e. The first-order valence-corrected chi connectivity index (χ1v) is 23.9. The van der Waals surface area contributed by atoms with E-state index in [1.807, 2.05) is 60.7 Å². The second-order valence-corrected chi connectivity index (χ2v) is 21.3. The van der Waals surface area contributed by atoms with Gasteiger partial charge in [-0.3, -0.25) is 9.56 Å². The maximum absolute atomic E-state index is 12.8. The van der Waals surface area contributed by atoms with Gasteiger partial charge in [0.15, 0.2) is 0 Å². The lowest BCUT2D eigenvalue weighted by Crippen LogP contribution is -2.44. The molecule has 4 atom stereocenters. The fourth-order valence-corrected chi connectivity index (χ4v) is 11.1. The number of hydrogen-bond donors (Lipinski definition) is 4. The van der Waals surface area contributed by atoms with Gasteiger partial charge in [0.1, 0.15) is 11.6 Å². The minimum absolute atomic E-state index is 0.142. The van der Waals surface area contributed by atoms with E-state index in [0.717, 1.165) is 33.7 Å². The highest BCUT2D eigenvalue weighted by Gasteiger charge is 2.54. The third-order valence-electron chi connectivity index (χ3n) is 12.1. The first-order chi connectivity index (χ1) is 28.6. The molecule has 10 rings (SSSR count). The van der Waals surface area contributed by atoms with Gasteiger partial charge in [0, 0.05) is 37.7 Å². The van der Waals surface area contributed by atoms with Crippen LogP contribution in [0, 0.1) is 9.56 Å².